The zero-order valence-electron chi connectivity index (χ0n) is 10.5. The summed E-state index contributed by atoms with van der Waals surface area (Å²) in [5, 5.41) is 8.90. The van der Waals surface area contributed by atoms with Crippen molar-refractivity contribution < 1.29 is 23.8 Å². The number of aromatic carboxylic acids is 1. The van der Waals surface area contributed by atoms with Gasteiger partial charge in [0.05, 0.1) is 6.61 Å². The lowest BCUT2D eigenvalue weighted by atomic mass is 10.2. The van der Waals surface area contributed by atoms with Crippen molar-refractivity contribution in [1.82, 2.24) is 0 Å². The number of ether oxygens (including phenoxy) is 2. The molecule has 0 aromatic heterocycles. The summed E-state index contributed by atoms with van der Waals surface area (Å²) in [6.07, 6.45) is 0. The van der Waals surface area contributed by atoms with Crippen molar-refractivity contribution in [2.24, 2.45) is 5.92 Å². The maximum absolute atomic E-state index is 13.0. The molecule has 1 aromatic carbocycles. The number of halogens is 1. The fraction of sp³-hybridized carbons (Fsp3) is 0.462. The van der Waals surface area contributed by atoms with E-state index in [1.165, 1.54) is 6.07 Å². The monoisotopic (exact) mass is 256 g/mol. The maximum Gasteiger partial charge on any atom is 0.339 e. The molecule has 0 amide bonds. The Morgan fingerprint density at radius 3 is 2.72 bits per heavy atom. The summed E-state index contributed by atoms with van der Waals surface area (Å²) < 4.78 is 23.5. The van der Waals surface area contributed by atoms with Gasteiger partial charge in [-0.05, 0) is 18.1 Å². The van der Waals surface area contributed by atoms with Gasteiger partial charge in [-0.25, -0.2) is 9.18 Å². The molecule has 5 heteroatoms. The van der Waals surface area contributed by atoms with Crippen molar-refractivity contribution in [2.45, 2.75) is 13.8 Å². The highest BCUT2D eigenvalue weighted by atomic mass is 19.1. The third-order valence-corrected chi connectivity index (χ3v) is 2.11. The smallest absolute Gasteiger partial charge is 0.339 e. The van der Waals surface area contributed by atoms with Gasteiger partial charge in [0.1, 0.15) is 23.7 Å². The van der Waals surface area contributed by atoms with Crippen LogP contribution in [0.1, 0.15) is 24.2 Å². The summed E-state index contributed by atoms with van der Waals surface area (Å²) in [6, 6.07) is 3.33. The Morgan fingerprint density at radius 1 is 1.39 bits per heavy atom. The van der Waals surface area contributed by atoms with E-state index in [9.17, 15) is 9.18 Å². The first-order valence-corrected chi connectivity index (χ1v) is 5.74. The molecular formula is C13H17FO4. The van der Waals surface area contributed by atoms with Crippen LogP contribution < -0.4 is 4.74 Å². The van der Waals surface area contributed by atoms with Crippen LogP contribution in [0.5, 0.6) is 5.75 Å². The summed E-state index contributed by atoms with van der Waals surface area (Å²) in [5.74, 6) is -1.23. The number of benzene rings is 1. The molecule has 100 valence electrons. The minimum absolute atomic E-state index is 0.0237. The van der Waals surface area contributed by atoms with Gasteiger partial charge in [0.25, 0.3) is 0 Å². The van der Waals surface area contributed by atoms with Crippen molar-refractivity contribution in [3.05, 3.63) is 29.6 Å². The predicted molar refractivity (Wildman–Crippen MR) is 64.5 cm³/mol. The van der Waals surface area contributed by atoms with E-state index < -0.39 is 11.8 Å². The second-order valence-corrected chi connectivity index (χ2v) is 4.26. The van der Waals surface area contributed by atoms with E-state index >= 15 is 0 Å². The van der Waals surface area contributed by atoms with E-state index in [0.29, 0.717) is 19.1 Å². The molecule has 0 fully saturated rings. The van der Waals surface area contributed by atoms with Crippen molar-refractivity contribution in [3.63, 3.8) is 0 Å². The molecule has 0 saturated carbocycles. The largest absolute Gasteiger partial charge is 0.490 e. The van der Waals surface area contributed by atoms with Crippen LogP contribution in [0, 0.1) is 11.7 Å². The van der Waals surface area contributed by atoms with Crippen LogP contribution in [-0.2, 0) is 4.74 Å². The molecule has 1 rings (SSSR count). The van der Waals surface area contributed by atoms with Gasteiger partial charge in [-0.15, -0.1) is 0 Å². The second-order valence-electron chi connectivity index (χ2n) is 4.26. The van der Waals surface area contributed by atoms with E-state index in [-0.39, 0.29) is 17.9 Å². The fourth-order valence-corrected chi connectivity index (χ4v) is 1.32. The van der Waals surface area contributed by atoms with E-state index in [0.717, 1.165) is 12.1 Å². The summed E-state index contributed by atoms with van der Waals surface area (Å²) in [6.45, 7) is 5.19. The summed E-state index contributed by atoms with van der Waals surface area (Å²) >= 11 is 0. The molecule has 0 heterocycles. The first-order chi connectivity index (χ1) is 8.50. The molecule has 0 atom stereocenters. The Kier molecular flexibility index (Phi) is 5.58. The highest BCUT2D eigenvalue weighted by Gasteiger charge is 2.12. The quantitative estimate of drug-likeness (QED) is 0.762. The zero-order chi connectivity index (χ0) is 13.5. The lowest BCUT2D eigenvalue weighted by molar-refractivity contribution is 0.0677. The van der Waals surface area contributed by atoms with E-state index in [1.54, 1.807) is 0 Å². The third-order valence-electron chi connectivity index (χ3n) is 2.11. The molecule has 0 bridgehead atoms. The number of carboxylic acid groups (broad SMARTS) is 1. The van der Waals surface area contributed by atoms with Gasteiger partial charge in [0.2, 0.25) is 0 Å². The average Bonchev–Trinajstić information content (AvgIpc) is 2.27. The van der Waals surface area contributed by atoms with Crippen LogP contribution in [0.15, 0.2) is 18.2 Å². The van der Waals surface area contributed by atoms with Crippen molar-refractivity contribution in [2.75, 3.05) is 19.8 Å². The average molecular weight is 256 g/mol. The minimum Gasteiger partial charge on any atom is -0.490 e. The standard InChI is InChI=1S/C13H17FO4/c1-9(2)8-17-5-6-18-12-7-10(14)3-4-11(12)13(15)16/h3-4,7,9H,5-6,8H2,1-2H3,(H,15,16). The molecule has 0 saturated heterocycles. The van der Waals surface area contributed by atoms with E-state index in [4.69, 9.17) is 14.6 Å². The van der Waals surface area contributed by atoms with Gasteiger partial charge in [-0.3, -0.25) is 0 Å². The number of hydrogen-bond donors (Lipinski definition) is 1. The van der Waals surface area contributed by atoms with Gasteiger partial charge >= 0.3 is 5.97 Å². The molecule has 1 N–H and O–H groups in total. The summed E-state index contributed by atoms with van der Waals surface area (Å²) in [7, 11) is 0. The van der Waals surface area contributed by atoms with Crippen LogP contribution in [0.3, 0.4) is 0 Å². The molecule has 0 aliphatic heterocycles. The molecule has 0 aliphatic carbocycles. The van der Waals surface area contributed by atoms with Gasteiger partial charge < -0.3 is 14.6 Å². The Hall–Kier alpha value is -1.62. The predicted octanol–water partition coefficient (Wildman–Crippen LogP) is 2.58. The number of hydrogen-bond acceptors (Lipinski definition) is 3. The Balaban J connectivity index is 2.50. The lowest BCUT2D eigenvalue weighted by Crippen LogP contribution is -2.12. The Morgan fingerprint density at radius 2 is 2.11 bits per heavy atom. The first kappa shape index (κ1) is 14.4. The van der Waals surface area contributed by atoms with Gasteiger partial charge in [0.15, 0.2) is 0 Å². The molecule has 0 aliphatic rings. The molecular weight excluding hydrogens is 239 g/mol. The number of carboxylic acids is 1. The zero-order valence-corrected chi connectivity index (χ0v) is 10.5. The highest BCUT2D eigenvalue weighted by Crippen LogP contribution is 2.19. The van der Waals surface area contributed by atoms with Crippen molar-refractivity contribution in [3.8, 4) is 5.75 Å². The Labute approximate surface area is 105 Å². The lowest BCUT2D eigenvalue weighted by Gasteiger charge is -2.10. The van der Waals surface area contributed by atoms with E-state index in [1.807, 2.05) is 13.8 Å². The first-order valence-electron chi connectivity index (χ1n) is 5.74. The van der Waals surface area contributed by atoms with Gasteiger partial charge in [-0.1, -0.05) is 13.8 Å². The second kappa shape index (κ2) is 6.96. The summed E-state index contributed by atoms with van der Waals surface area (Å²) in [5.41, 5.74) is -0.0553. The topological polar surface area (TPSA) is 55.8 Å². The van der Waals surface area contributed by atoms with Crippen LogP contribution in [0.25, 0.3) is 0 Å². The van der Waals surface area contributed by atoms with Crippen molar-refractivity contribution in [1.29, 1.82) is 0 Å². The molecule has 0 radical (unpaired) electrons. The van der Waals surface area contributed by atoms with Gasteiger partial charge in [0, 0.05) is 12.7 Å². The van der Waals surface area contributed by atoms with Crippen LogP contribution in [0.2, 0.25) is 0 Å². The minimum atomic E-state index is -1.15. The maximum atomic E-state index is 13.0. The molecule has 4 nitrogen and oxygen atoms in total. The van der Waals surface area contributed by atoms with Gasteiger partial charge in [-0.2, -0.15) is 0 Å². The molecule has 0 spiro atoms. The SMILES string of the molecule is CC(C)COCCOc1cc(F)ccc1C(=O)O. The number of carbonyl (C=O) groups is 1. The molecule has 1 aromatic rings. The molecule has 0 unspecified atom stereocenters. The Bertz CT molecular complexity index is 404. The normalized spacial score (nSPS) is 10.7. The third kappa shape index (κ3) is 4.71. The highest BCUT2D eigenvalue weighted by molar-refractivity contribution is 5.90. The van der Waals surface area contributed by atoms with Crippen LogP contribution in [-0.4, -0.2) is 30.9 Å². The summed E-state index contributed by atoms with van der Waals surface area (Å²) in [4.78, 5) is 10.9. The fourth-order valence-electron chi connectivity index (χ4n) is 1.32. The van der Waals surface area contributed by atoms with Crippen LogP contribution >= 0.6 is 0 Å². The van der Waals surface area contributed by atoms with E-state index in [2.05, 4.69) is 0 Å². The molecule has 18 heavy (non-hydrogen) atoms. The van der Waals surface area contributed by atoms with Crippen LogP contribution in [0.4, 0.5) is 4.39 Å². The van der Waals surface area contributed by atoms with Crippen molar-refractivity contribution >= 4 is 5.97 Å². The number of rotatable bonds is 7.